The van der Waals surface area contributed by atoms with Crippen molar-refractivity contribution in [3.05, 3.63) is 47.0 Å². The largest absolute Gasteiger partial charge is 0.586 e. The molecule has 0 spiro atoms. The van der Waals surface area contributed by atoms with E-state index >= 15 is 0 Å². The maximum absolute atomic E-state index is 13.0. The first kappa shape index (κ1) is 19.7. The van der Waals surface area contributed by atoms with Crippen molar-refractivity contribution in [1.82, 2.24) is 0 Å². The molecule has 1 amide bonds. The number of hydrogen-bond donors (Lipinski definition) is 1. The minimum atomic E-state index is -3.75. The van der Waals surface area contributed by atoms with E-state index in [0.29, 0.717) is 10.8 Å². The first-order valence-electron chi connectivity index (χ1n) is 7.96. The summed E-state index contributed by atoms with van der Waals surface area (Å²) in [5.74, 6) is -1.32. The number of halogens is 3. The summed E-state index contributed by atoms with van der Waals surface area (Å²) in [6.07, 6.45) is -3.75. The number of carbonyl (C=O) groups excluding carboxylic acids is 2. The number of anilines is 1. The fourth-order valence-corrected chi connectivity index (χ4v) is 2.55. The predicted octanol–water partition coefficient (Wildman–Crippen LogP) is 3.53. The standard InChI is InChI=1S/C18H14ClF2NO6/c1-10-6-11(19)2-4-13(10)25-9-17(24)26-8-16(23)22-12-3-5-14-15(7-12)28-18(20,21)27-14/h2-7H,8-9H2,1H3,(H,22,23). The zero-order valence-corrected chi connectivity index (χ0v) is 15.2. The lowest BCUT2D eigenvalue weighted by Crippen LogP contribution is -2.26. The van der Waals surface area contributed by atoms with Gasteiger partial charge in [-0.3, -0.25) is 4.79 Å². The van der Waals surface area contributed by atoms with Gasteiger partial charge >= 0.3 is 12.3 Å². The molecule has 0 aliphatic carbocycles. The van der Waals surface area contributed by atoms with Crippen LogP contribution in [0.4, 0.5) is 14.5 Å². The normalized spacial score (nSPS) is 13.7. The van der Waals surface area contributed by atoms with E-state index in [1.165, 1.54) is 18.2 Å². The molecule has 3 rings (SSSR count). The summed E-state index contributed by atoms with van der Waals surface area (Å²) in [7, 11) is 0. The van der Waals surface area contributed by atoms with Gasteiger partial charge in [0.25, 0.3) is 5.91 Å². The number of hydrogen-bond acceptors (Lipinski definition) is 6. The molecule has 1 N–H and O–H groups in total. The number of nitrogens with one attached hydrogen (secondary N) is 1. The molecule has 0 radical (unpaired) electrons. The van der Waals surface area contributed by atoms with Gasteiger partial charge in [0.2, 0.25) is 0 Å². The molecular formula is C18H14ClF2NO6. The van der Waals surface area contributed by atoms with Crippen molar-refractivity contribution < 1.29 is 37.3 Å². The summed E-state index contributed by atoms with van der Waals surface area (Å²) in [5.41, 5.74) is 0.917. The van der Waals surface area contributed by atoms with Crippen LogP contribution < -0.4 is 19.5 Å². The SMILES string of the molecule is Cc1cc(Cl)ccc1OCC(=O)OCC(=O)Nc1ccc2c(c1)OC(F)(F)O2. The van der Waals surface area contributed by atoms with Crippen molar-refractivity contribution in [2.75, 3.05) is 18.5 Å². The lowest BCUT2D eigenvalue weighted by Gasteiger charge is -2.10. The molecule has 0 saturated heterocycles. The van der Waals surface area contributed by atoms with E-state index in [1.807, 2.05) is 0 Å². The zero-order valence-electron chi connectivity index (χ0n) is 14.5. The lowest BCUT2D eigenvalue weighted by atomic mass is 10.2. The Kier molecular flexibility index (Phi) is 5.55. The Morgan fingerprint density at radius 3 is 2.61 bits per heavy atom. The zero-order chi connectivity index (χ0) is 20.3. The third-order valence-corrected chi connectivity index (χ3v) is 3.77. The van der Waals surface area contributed by atoms with Crippen LogP contribution in [0.1, 0.15) is 5.56 Å². The fourth-order valence-electron chi connectivity index (χ4n) is 2.32. The maximum atomic E-state index is 13.0. The molecule has 1 aliphatic heterocycles. The second-order valence-electron chi connectivity index (χ2n) is 5.74. The Hall–Kier alpha value is -3.07. The third-order valence-electron chi connectivity index (χ3n) is 3.53. The van der Waals surface area contributed by atoms with E-state index in [-0.39, 0.29) is 17.2 Å². The first-order chi connectivity index (χ1) is 13.2. The summed E-state index contributed by atoms with van der Waals surface area (Å²) >= 11 is 5.83. The molecule has 10 heteroatoms. The number of fused-ring (bicyclic) bond motifs is 1. The van der Waals surface area contributed by atoms with Crippen molar-refractivity contribution in [1.29, 1.82) is 0 Å². The fraction of sp³-hybridized carbons (Fsp3) is 0.222. The van der Waals surface area contributed by atoms with Crippen molar-refractivity contribution in [3.8, 4) is 17.2 Å². The molecule has 2 aromatic rings. The molecule has 0 bridgehead atoms. The van der Waals surface area contributed by atoms with Gasteiger partial charge in [-0.05, 0) is 42.8 Å². The van der Waals surface area contributed by atoms with Gasteiger partial charge in [0.05, 0.1) is 0 Å². The number of amides is 1. The summed E-state index contributed by atoms with van der Waals surface area (Å²) in [6.45, 7) is 0.794. The molecule has 7 nitrogen and oxygen atoms in total. The molecule has 0 fully saturated rings. The highest BCUT2D eigenvalue weighted by atomic mass is 35.5. The van der Waals surface area contributed by atoms with E-state index in [2.05, 4.69) is 14.8 Å². The Labute approximate surface area is 163 Å². The minimum Gasteiger partial charge on any atom is -0.482 e. The number of ether oxygens (including phenoxy) is 4. The second kappa shape index (κ2) is 7.89. The summed E-state index contributed by atoms with van der Waals surface area (Å²) < 4.78 is 44.6. The molecular weight excluding hydrogens is 400 g/mol. The minimum absolute atomic E-state index is 0.149. The van der Waals surface area contributed by atoms with Gasteiger partial charge in [-0.1, -0.05) is 11.6 Å². The highest BCUT2D eigenvalue weighted by Crippen LogP contribution is 2.42. The third kappa shape index (κ3) is 5.01. The molecule has 0 unspecified atom stereocenters. The van der Waals surface area contributed by atoms with Crippen molar-refractivity contribution >= 4 is 29.2 Å². The predicted molar refractivity (Wildman–Crippen MR) is 93.9 cm³/mol. The highest BCUT2D eigenvalue weighted by Gasteiger charge is 2.43. The van der Waals surface area contributed by atoms with E-state index in [0.717, 1.165) is 5.56 Å². The summed E-state index contributed by atoms with van der Waals surface area (Å²) in [5, 5.41) is 2.93. The number of carbonyl (C=O) groups is 2. The molecule has 2 aromatic carbocycles. The Morgan fingerprint density at radius 1 is 1.11 bits per heavy atom. The van der Waals surface area contributed by atoms with Crippen molar-refractivity contribution in [2.24, 2.45) is 0 Å². The Balaban J connectivity index is 1.45. The van der Waals surface area contributed by atoms with Crippen LogP contribution in [0.25, 0.3) is 0 Å². The van der Waals surface area contributed by atoms with Crippen molar-refractivity contribution in [3.63, 3.8) is 0 Å². The van der Waals surface area contributed by atoms with Crippen LogP contribution in [-0.4, -0.2) is 31.4 Å². The van der Waals surface area contributed by atoms with Crippen LogP contribution in [0.15, 0.2) is 36.4 Å². The molecule has 1 heterocycles. The maximum Gasteiger partial charge on any atom is 0.586 e. The molecule has 0 saturated carbocycles. The number of aryl methyl sites for hydroxylation is 1. The lowest BCUT2D eigenvalue weighted by molar-refractivity contribution is -0.286. The molecule has 28 heavy (non-hydrogen) atoms. The van der Waals surface area contributed by atoms with Gasteiger partial charge in [-0.2, -0.15) is 0 Å². The summed E-state index contributed by atoms with van der Waals surface area (Å²) in [6, 6.07) is 8.64. The number of rotatable bonds is 6. The average molecular weight is 414 g/mol. The van der Waals surface area contributed by atoms with Gasteiger partial charge in [0.1, 0.15) is 5.75 Å². The quantitative estimate of drug-likeness (QED) is 0.729. The number of alkyl halides is 2. The highest BCUT2D eigenvalue weighted by molar-refractivity contribution is 6.30. The monoisotopic (exact) mass is 413 g/mol. The van der Waals surface area contributed by atoms with Gasteiger partial charge in [0, 0.05) is 16.8 Å². The van der Waals surface area contributed by atoms with Gasteiger partial charge in [0.15, 0.2) is 24.7 Å². The van der Waals surface area contributed by atoms with Crippen LogP contribution in [0.3, 0.4) is 0 Å². The van der Waals surface area contributed by atoms with E-state index in [1.54, 1.807) is 25.1 Å². The van der Waals surface area contributed by atoms with Gasteiger partial charge < -0.3 is 24.3 Å². The van der Waals surface area contributed by atoms with Crippen LogP contribution >= 0.6 is 11.6 Å². The first-order valence-corrected chi connectivity index (χ1v) is 8.34. The van der Waals surface area contributed by atoms with Crippen LogP contribution in [-0.2, 0) is 14.3 Å². The van der Waals surface area contributed by atoms with Gasteiger partial charge in [-0.15, -0.1) is 8.78 Å². The second-order valence-corrected chi connectivity index (χ2v) is 6.17. The van der Waals surface area contributed by atoms with E-state index in [4.69, 9.17) is 21.1 Å². The topological polar surface area (TPSA) is 83.1 Å². The smallest absolute Gasteiger partial charge is 0.482 e. The van der Waals surface area contributed by atoms with Crippen LogP contribution in [0, 0.1) is 6.92 Å². The number of benzene rings is 2. The number of esters is 1. The van der Waals surface area contributed by atoms with Crippen LogP contribution in [0.5, 0.6) is 17.2 Å². The Bertz CT molecular complexity index is 921. The summed E-state index contributed by atoms with van der Waals surface area (Å²) in [4.78, 5) is 23.5. The molecule has 0 aromatic heterocycles. The molecule has 148 valence electrons. The van der Waals surface area contributed by atoms with Gasteiger partial charge in [-0.25, -0.2) is 4.79 Å². The van der Waals surface area contributed by atoms with E-state index < -0.39 is 31.4 Å². The van der Waals surface area contributed by atoms with Crippen molar-refractivity contribution in [2.45, 2.75) is 13.2 Å². The molecule has 1 aliphatic rings. The average Bonchev–Trinajstić information content (AvgIpc) is 2.92. The molecule has 0 atom stereocenters. The Morgan fingerprint density at radius 2 is 1.86 bits per heavy atom. The van der Waals surface area contributed by atoms with Crippen LogP contribution in [0.2, 0.25) is 5.02 Å². The van der Waals surface area contributed by atoms with E-state index in [9.17, 15) is 18.4 Å².